The Morgan fingerprint density at radius 1 is 1.56 bits per heavy atom. The van der Waals surface area contributed by atoms with E-state index in [9.17, 15) is 18.3 Å². The number of rotatable bonds is 4. The van der Waals surface area contributed by atoms with Crippen molar-refractivity contribution in [1.29, 1.82) is 0 Å². The summed E-state index contributed by atoms with van der Waals surface area (Å²) in [6, 6.07) is 1.72. The third-order valence-corrected chi connectivity index (χ3v) is 3.98. The number of ether oxygens (including phenoxy) is 1. The van der Waals surface area contributed by atoms with Crippen LogP contribution in [-0.2, 0) is 4.74 Å². The molecule has 16 heavy (non-hydrogen) atoms. The summed E-state index contributed by atoms with van der Waals surface area (Å²) in [5.74, 6) is 0. The van der Waals surface area contributed by atoms with Crippen molar-refractivity contribution in [1.82, 2.24) is 0 Å². The molecular formula is C9H10BrF3O2S. The summed E-state index contributed by atoms with van der Waals surface area (Å²) < 4.78 is 40.5. The third kappa shape index (κ3) is 4.40. The van der Waals surface area contributed by atoms with Crippen LogP contribution in [0.5, 0.6) is 0 Å². The van der Waals surface area contributed by atoms with E-state index in [1.165, 1.54) is 11.3 Å². The zero-order valence-electron chi connectivity index (χ0n) is 8.34. The van der Waals surface area contributed by atoms with Gasteiger partial charge in [0.05, 0.1) is 10.4 Å². The molecule has 92 valence electrons. The van der Waals surface area contributed by atoms with Crippen LogP contribution in [0, 0.1) is 6.92 Å². The van der Waals surface area contributed by atoms with Gasteiger partial charge in [-0.3, -0.25) is 0 Å². The quantitative estimate of drug-likeness (QED) is 0.921. The molecule has 0 spiro atoms. The first kappa shape index (κ1) is 14.0. The summed E-state index contributed by atoms with van der Waals surface area (Å²) in [6.07, 6.45) is -5.37. The van der Waals surface area contributed by atoms with Crippen LogP contribution in [-0.4, -0.2) is 24.5 Å². The topological polar surface area (TPSA) is 29.5 Å². The summed E-state index contributed by atoms with van der Waals surface area (Å²) >= 11 is 4.56. The van der Waals surface area contributed by atoms with Crippen molar-refractivity contribution in [3.05, 3.63) is 20.3 Å². The highest BCUT2D eigenvalue weighted by Gasteiger charge is 2.28. The van der Waals surface area contributed by atoms with Gasteiger partial charge in [-0.15, -0.1) is 11.3 Å². The van der Waals surface area contributed by atoms with E-state index in [4.69, 9.17) is 0 Å². The molecule has 0 aliphatic carbocycles. The molecule has 0 amide bonds. The smallest absolute Gasteiger partial charge is 0.385 e. The molecule has 7 heteroatoms. The lowest BCUT2D eigenvalue weighted by Crippen LogP contribution is -2.19. The van der Waals surface area contributed by atoms with Gasteiger partial charge < -0.3 is 9.84 Å². The normalized spacial score (nSPS) is 14.1. The van der Waals surface area contributed by atoms with Crippen LogP contribution >= 0.6 is 27.3 Å². The van der Waals surface area contributed by atoms with E-state index in [0.717, 1.165) is 9.35 Å². The fourth-order valence-electron chi connectivity index (χ4n) is 1.02. The molecule has 1 aromatic rings. The van der Waals surface area contributed by atoms with E-state index in [-0.39, 0.29) is 6.61 Å². The first-order chi connectivity index (χ1) is 7.29. The predicted octanol–water partition coefficient (Wildman–Crippen LogP) is 3.43. The standard InChI is InChI=1S/C9H10BrF3O2S/c1-5-2-7(16-8(5)10)6(14)3-15-4-9(11,12)13/h2,6,14H,3-4H2,1H3. The number of hydrogen-bond donors (Lipinski definition) is 1. The lowest BCUT2D eigenvalue weighted by Gasteiger charge is -2.11. The van der Waals surface area contributed by atoms with Crippen LogP contribution in [0.25, 0.3) is 0 Å². The van der Waals surface area contributed by atoms with E-state index < -0.39 is 18.9 Å². The summed E-state index contributed by atoms with van der Waals surface area (Å²) in [4.78, 5) is 0.589. The molecule has 2 nitrogen and oxygen atoms in total. The van der Waals surface area contributed by atoms with Crippen molar-refractivity contribution in [2.75, 3.05) is 13.2 Å². The lowest BCUT2D eigenvalue weighted by atomic mass is 10.2. The summed E-state index contributed by atoms with van der Waals surface area (Å²) in [5.41, 5.74) is 0.940. The van der Waals surface area contributed by atoms with Crippen molar-refractivity contribution >= 4 is 27.3 Å². The number of aliphatic hydroxyl groups is 1. The number of aliphatic hydroxyl groups excluding tert-OH is 1. The van der Waals surface area contributed by atoms with Crippen LogP contribution in [0.3, 0.4) is 0 Å². The summed E-state index contributed by atoms with van der Waals surface area (Å²) in [5, 5.41) is 9.55. The lowest BCUT2D eigenvalue weighted by molar-refractivity contribution is -0.179. The molecule has 0 radical (unpaired) electrons. The van der Waals surface area contributed by atoms with E-state index in [1.807, 2.05) is 6.92 Å². The van der Waals surface area contributed by atoms with E-state index in [0.29, 0.717) is 4.88 Å². The summed E-state index contributed by atoms with van der Waals surface area (Å²) in [6.45, 7) is 0.148. The van der Waals surface area contributed by atoms with Gasteiger partial charge in [-0.2, -0.15) is 13.2 Å². The van der Waals surface area contributed by atoms with Crippen molar-refractivity contribution in [2.24, 2.45) is 0 Å². The van der Waals surface area contributed by atoms with E-state index in [1.54, 1.807) is 6.07 Å². The molecule has 0 aliphatic heterocycles. The molecule has 0 saturated carbocycles. The van der Waals surface area contributed by atoms with Crippen molar-refractivity contribution in [2.45, 2.75) is 19.2 Å². The van der Waals surface area contributed by atoms with Crippen molar-refractivity contribution < 1.29 is 23.0 Å². The Morgan fingerprint density at radius 2 is 2.19 bits per heavy atom. The largest absolute Gasteiger partial charge is 0.411 e. The summed E-state index contributed by atoms with van der Waals surface area (Å²) in [7, 11) is 0. The van der Waals surface area contributed by atoms with Gasteiger partial charge >= 0.3 is 6.18 Å². The Labute approximate surface area is 103 Å². The van der Waals surface area contributed by atoms with E-state index in [2.05, 4.69) is 20.7 Å². The fraction of sp³-hybridized carbons (Fsp3) is 0.556. The molecule has 1 heterocycles. The second-order valence-electron chi connectivity index (χ2n) is 3.25. The maximum Gasteiger partial charge on any atom is 0.411 e. The number of alkyl halides is 3. The first-order valence-corrected chi connectivity index (χ1v) is 5.99. The second-order valence-corrected chi connectivity index (χ2v) is 5.65. The molecular weight excluding hydrogens is 309 g/mol. The van der Waals surface area contributed by atoms with Gasteiger partial charge in [0.1, 0.15) is 12.7 Å². The number of hydrogen-bond acceptors (Lipinski definition) is 3. The maximum absolute atomic E-state index is 11.8. The molecule has 0 aliphatic rings. The molecule has 1 aromatic heterocycles. The Balaban J connectivity index is 2.44. The molecule has 1 atom stereocenters. The molecule has 0 fully saturated rings. The van der Waals surface area contributed by atoms with Crippen LogP contribution in [0.4, 0.5) is 13.2 Å². The number of aryl methyl sites for hydroxylation is 1. The Kier molecular flexibility index (Phi) is 4.78. The highest BCUT2D eigenvalue weighted by Crippen LogP contribution is 2.31. The molecule has 1 N–H and O–H groups in total. The monoisotopic (exact) mass is 318 g/mol. The van der Waals surface area contributed by atoms with E-state index >= 15 is 0 Å². The van der Waals surface area contributed by atoms with Crippen LogP contribution in [0.1, 0.15) is 16.5 Å². The molecule has 1 unspecified atom stereocenters. The van der Waals surface area contributed by atoms with Gasteiger partial charge in [0.2, 0.25) is 0 Å². The SMILES string of the molecule is Cc1cc(C(O)COCC(F)(F)F)sc1Br. The van der Waals surface area contributed by atoms with Crippen LogP contribution in [0.15, 0.2) is 9.85 Å². The molecule has 0 bridgehead atoms. The predicted molar refractivity (Wildman–Crippen MR) is 58.6 cm³/mol. The third-order valence-electron chi connectivity index (χ3n) is 1.75. The Hall–Kier alpha value is -0.110. The van der Waals surface area contributed by atoms with Crippen LogP contribution in [0.2, 0.25) is 0 Å². The van der Waals surface area contributed by atoms with Gasteiger partial charge in [0, 0.05) is 4.88 Å². The van der Waals surface area contributed by atoms with Gasteiger partial charge in [0.25, 0.3) is 0 Å². The highest BCUT2D eigenvalue weighted by molar-refractivity contribution is 9.11. The first-order valence-electron chi connectivity index (χ1n) is 4.38. The highest BCUT2D eigenvalue weighted by atomic mass is 79.9. The fourth-order valence-corrected chi connectivity index (χ4v) is 2.56. The maximum atomic E-state index is 11.8. The minimum atomic E-state index is -4.36. The average Bonchev–Trinajstić information content (AvgIpc) is 2.45. The molecule has 0 saturated heterocycles. The number of halogens is 4. The zero-order chi connectivity index (χ0) is 12.3. The minimum Gasteiger partial charge on any atom is -0.385 e. The van der Waals surface area contributed by atoms with Gasteiger partial charge in [-0.1, -0.05) is 0 Å². The molecule has 1 rings (SSSR count). The van der Waals surface area contributed by atoms with Gasteiger partial charge in [-0.05, 0) is 34.5 Å². The van der Waals surface area contributed by atoms with Crippen molar-refractivity contribution in [3.63, 3.8) is 0 Å². The van der Waals surface area contributed by atoms with Crippen molar-refractivity contribution in [3.8, 4) is 0 Å². The van der Waals surface area contributed by atoms with Crippen LogP contribution < -0.4 is 0 Å². The molecule has 0 aromatic carbocycles. The second kappa shape index (κ2) is 5.48. The minimum absolute atomic E-state index is 0.355. The Bertz CT molecular complexity index is 332. The number of thiophene rings is 1. The van der Waals surface area contributed by atoms with Gasteiger partial charge in [0.15, 0.2) is 0 Å². The average molecular weight is 319 g/mol. The van der Waals surface area contributed by atoms with Gasteiger partial charge in [-0.25, -0.2) is 0 Å². The zero-order valence-corrected chi connectivity index (χ0v) is 10.7. The Morgan fingerprint density at radius 3 is 2.62 bits per heavy atom.